The van der Waals surface area contributed by atoms with Crippen molar-refractivity contribution in [3.8, 4) is 6.07 Å². The summed E-state index contributed by atoms with van der Waals surface area (Å²) in [4.78, 5) is 3.17. The van der Waals surface area contributed by atoms with Gasteiger partial charge in [0.1, 0.15) is 0 Å². The molecule has 0 saturated heterocycles. The molecule has 0 bridgehead atoms. The Balaban J connectivity index is 3.05. The highest BCUT2D eigenvalue weighted by Gasteiger charge is 2.08. The summed E-state index contributed by atoms with van der Waals surface area (Å²) in [6.45, 7) is 5.91. The largest absolute Gasteiger partial charge is 0.362 e. The Bertz CT molecular complexity index is 291. The summed E-state index contributed by atoms with van der Waals surface area (Å²) >= 11 is 0. The number of aryl methyl sites for hydroxylation is 2. The predicted octanol–water partition coefficient (Wildman–Crippen LogP) is 2.26. The maximum atomic E-state index is 8.66. The lowest BCUT2D eigenvalue weighted by Gasteiger charge is -1.98. The zero-order valence-corrected chi connectivity index (χ0v) is 7.10. The first-order chi connectivity index (χ1) is 5.15. The Kier molecular flexibility index (Phi) is 2.00. The predicted molar refractivity (Wildman–Crippen MR) is 44.3 cm³/mol. The van der Waals surface area contributed by atoms with Gasteiger partial charge in [0.2, 0.25) is 0 Å². The summed E-state index contributed by atoms with van der Waals surface area (Å²) in [6.07, 6.45) is 0. The van der Waals surface area contributed by atoms with Gasteiger partial charge in [-0.2, -0.15) is 5.26 Å². The molecule has 1 N–H and O–H groups in total. The van der Waals surface area contributed by atoms with Crippen molar-refractivity contribution in [1.29, 1.82) is 5.26 Å². The van der Waals surface area contributed by atoms with Gasteiger partial charge >= 0.3 is 0 Å². The monoisotopic (exact) mass is 148 g/mol. The molecular weight excluding hydrogens is 136 g/mol. The van der Waals surface area contributed by atoms with Crippen LogP contribution < -0.4 is 0 Å². The van der Waals surface area contributed by atoms with E-state index < -0.39 is 0 Å². The molecule has 2 heteroatoms. The molecule has 11 heavy (non-hydrogen) atoms. The van der Waals surface area contributed by atoms with E-state index in [1.807, 2.05) is 26.8 Å². The van der Waals surface area contributed by atoms with Crippen LogP contribution in [-0.4, -0.2) is 4.98 Å². The fourth-order valence-electron chi connectivity index (χ4n) is 1.26. The SMILES string of the molecule is Cc1cc(C(C)C#N)c(C)[nH]1. The second kappa shape index (κ2) is 2.79. The van der Waals surface area contributed by atoms with E-state index in [9.17, 15) is 0 Å². The van der Waals surface area contributed by atoms with Crippen LogP contribution in [0.1, 0.15) is 29.8 Å². The van der Waals surface area contributed by atoms with Crippen LogP contribution in [0.15, 0.2) is 6.07 Å². The second-order valence-electron chi connectivity index (χ2n) is 2.88. The van der Waals surface area contributed by atoms with Gasteiger partial charge in [-0.05, 0) is 32.4 Å². The molecule has 0 fully saturated rings. The highest BCUT2D eigenvalue weighted by atomic mass is 14.7. The van der Waals surface area contributed by atoms with Gasteiger partial charge in [-0.15, -0.1) is 0 Å². The van der Waals surface area contributed by atoms with Crippen molar-refractivity contribution in [1.82, 2.24) is 4.98 Å². The van der Waals surface area contributed by atoms with Gasteiger partial charge < -0.3 is 4.98 Å². The van der Waals surface area contributed by atoms with Crippen LogP contribution in [0.25, 0.3) is 0 Å². The van der Waals surface area contributed by atoms with Gasteiger partial charge in [-0.25, -0.2) is 0 Å². The van der Waals surface area contributed by atoms with E-state index >= 15 is 0 Å². The van der Waals surface area contributed by atoms with Crippen LogP contribution in [0.3, 0.4) is 0 Å². The molecule has 0 radical (unpaired) electrons. The topological polar surface area (TPSA) is 39.6 Å². The van der Waals surface area contributed by atoms with E-state index in [-0.39, 0.29) is 5.92 Å². The Morgan fingerprint density at radius 1 is 1.55 bits per heavy atom. The van der Waals surface area contributed by atoms with Crippen LogP contribution >= 0.6 is 0 Å². The Morgan fingerprint density at radius 3 is 2.55 bits per heavy atom. The van der Waals surface area contributed by atoms with Crippen LogP contribution in [0.5, 0.6) is 0 Å². The zero-order valence-electron chi connectivity index (χ0n) is 7.10. The van der Waals surface area contributed by atoms with Gasteiger partial charge in [0.15, 0.2) is 0 Å². The quantitative estimate of drug-likeness (QED) is 0.652. The first-order valence-corrected chi connectivity index (χ1v) is 3.71. The normalized spacial score (nSPS) is 12.5. The summed E-state index contributed by atoms with van der Waals surface area (Å²) in [6, 6.07) is 4.25. The Morgan fingerprint density at radius 2 is 2.18 bits per heavy atom. The molecule has 2 nitrogen and oxygen atoms in total. The summed E-state index contributed by atoms with van der Waals surface area (Å²) in [5.74, 6) is -0.0000463. The van der Waals surface area contributed by atoms with Crippen LogP contribution in [-0.2, 0) is 0 Å². The fourth-order valence-corrected chi connectivity index (χ4v) is 1.26. The second-order valence-corrected chi connectivity index (χ2v) is 2.88. The summed E-state index contributed by atoms with van der Waals surface area (Å²) < 4.78 is 0. The van der Waals surface area contributed by atoms with Gasteiger partial charge in [0.25, 0.3) is 0 Å². The molecule has 0 spiro atoms. The Labute approximate surface area is 66.9 Å². The van der Waals surface area contributed by atoms with Crippen molar-refractivity contribution in [3.63, 3.8) is 0 Å². The summed E-state index contributed by atoms with van der Waals surface area (Å²) in [5.41, 5.74) is 3.35. The molecular formula is C9H12N2. The molecule has 1 aromatic heterocycles. The number of H-pyrrole nitrogens is 1. The molecule has 0 aromatic carbocycles. The number of hydrogen-bond donors (Lipinski definition) is 1. The third kappa shape index (κ3) is 1.43. The van der Waals surface area contributed by atoms with E-state index in [1.165, 1.54) is 0 Å². The van der Waals surface area contributed by atoms with Crippen molar-refractivity contribution in [2.75, 3.05) is 0 Å². The van der Waals surface area contributed by atoms with Crippen molar-refractivity contribution in [2.45, 2.75) is 26.7 Å². The smallest absolute Gasteiger partial charge is 0.0702 e. The van der Waals surface area contributed by atoms with E-state index in [1.54, 1.807) is 0 Å². The molecule has 0 amide bonds. The highest BCUT2D eigenvalue weighted by molar-refractivity contribution is 5.30. The standard InChI is InChI=1S/C9H12N2/c1-6(5-10)9-4-7(2)11-8(9)3/h4,6,11H,1-3H3. The number of nitrogens with one attached hydrogen (secondary N) is 1. The lowest BCUT2D eigenvalue weighted by molar-refractivity contribution is 0.965. The lowest BCUT2D eigenvalue weighted by atomic mass is 10.0. The Hall–Kier alpha value is -1.23. The number of aromatic nitrogens is 1. The zero-order chi connectivity index (χ0) is 8.43. The average molecular weight is 148 g/mol. The van der Waals surface area contributed by atoms with E-state index in [0.29, 0.717) is 0 Å². The first kappa shape index (κ1) is 7.87. The lowest BCUT2D eigenvalue weighted by Crippen LogP contribution is -1.88. The van der Waals surface area contributed by atoms with Crippen molar-refractivity contribution in [2.24, 2.45) is 0 Å². The minimum Gasteiger partial charge on any atom is -0.362 e. The molecule has 1 unspecified atom stereocenters. The molecule has 1 aromatic rings. The third-order valence-corrected chi connectivity index (χ3v) is 1.85. The van der Waals surface area contributed by atoms with E-state index in [0.717, 1.165) is 17.0 Å². The fraction of sp³-hybridized carbons (Fsp3) is 0.444. The number of aromatic amines is 1. The molecule has 58 valence electrons. The van der Waals surface area contributed by atoms with Gasteiger partial charge in [0, 0.05) is 11.4 Å². The number of nitrogens with zero attached hydrogens (tertiary/aromatic N) is 1. The van der Waals surface area contributed by atoms with Crippen LogP contribution in [0, 0.1) is 25.2 Å². The molecule has 1 heterocycles. The number of rotatable bonds is 1. The van der Waals surface area contributed by atoms with E-state index in [4.69, 9.17) is 5.26 Å². The van der Waals surface area contributed by atoms with Crippen molar-refractivity contribution >= 4 is 0 Å². The molecule has 0 aliphatic heterocycles. The van der Waals surface area contributed by atoms with Gasteiger partial charge in [0.05, 0.1) is 12.0 Å². The maximum absolute atomic E-state index is 8.66. The van der Waals surface area contributed by atoms with Crippen molar-refractivity contribution < 1.29 is 0 Å². The number of nitriles is 1. The van der Waals surface area contributed by atoms with Crippen LogP contribution in [0.2, 0.25) is 0 Å². The van der Waals surface area contributed by atoms with Gasteiger partial charge in [-0.3, -0.25) is 0 Å². The van der Waals surface area contributed by atoms with Crippen molar-refractivity contribution in [3.05, 3.63) is 23.0 Å². The minimum atomic E-state index is -0.0000463. The number of hydrogen-bond acceptors (Lipinski definition) is 1. The molecule has 0 saturated carbocycles. The highest BCUT2D eigenvalue weighted by Crippen LogP contribution is 2.19. The molecule has 0 aliphatic rings. The molecule has 1 rings (SSSR count). The first-order valence-electron chi connectivity index (χ1n) is 3.71. The average Bonchev–Trinajstić information content (AvgIpc) is 2.28. The summed E-state index contributed by atoms with van der Waals surface area (Å²) in [5, 5.41) is 8.66. The van der Waals surface area contributed by atoms with Gasteiger partial charge in [-0.1, -0.05) is 0 Å². The summed E-state index contributed by atoms with van der Waals surface area (Å²) in [7, 11) is 0. The van der Waals surface area contributed by atoms with E-state index in [2.05, 4.69) is 11.1 Å². The third-order valence-electron chi connectivity index (χ3n) is 1.85. The molecule has 0 aliphatic carbocycles. The van der Waals surface area contributed by atoms with Crippen LogP contribution in [0.4, 0.5) is 0 Å². The minimum absolute atomic E-state index is 0.0000463. The maximum Gasteiger partial charge on any atom is 0.0702 e. The molecule has 1 atom stereocenters.